The van der Waals surface area contributed by atoms with Gasteiger partial charge in [-0.1, -0.05) is 0 Å². The third-order valence-electron chi connectivity index (χ3n) is 4.16. The standard InChI is InChI=1S/C16H26N2O4/c1-17(2)12-16(21-4)7-9-18(10-8-16)15(19)14-6-5-13(22-14)11-20-3/h5-6H,7-12H2,1-4H3. The molecule has 0 unspecified atom stereocenters. The fourth-order valence-electron chi connectivity index (χ4n) is 2.99. The fourth-order valence-corrected chi connectivity index (χ4v) is 2.99. The van der Waals surface area contributed by atoms with Gasteiger partial charge in [-0.25, -0.2) is 0 Å². The van der Waals surface area contributed by atoms with Gasteiger partial charge in [0.05, 0.1) is 5.60 Å². The molecule has 1 aromatic heterocycles. The maximum absolute atomic E-state index is 12.5. The molecule has 0 bridgehead atoms. The van der Waals surface area contributed by atoms with E-state index in [0.29, 0.717) is 31.2 Å². The predicted molar refractivity (Wildman–Crippen MR) is 82.9 cm³/mol. The number of nitrogens with zero attached hydrogens (tertiary/aromatic N) is 2. The van der Waals surface area contributed by atoms with E-state index in [0.717, 1.165) is 19.4 Å². The zero-order chi connectivity index (χ0) is 16.2. The molecular weight excluding hydrogens is 284 g/mol. The Morgan fingerprint density at radius 2 is 2.00 bits per heavy atom. The van der Waals surface area contributed by atoms with Crippen LogP contribution in [0.3, 0.4) is 0 Å². The van der Waals surface area contributed by atoms with Crippen molar-refractivity contribution in [1.82, 2.24) is 9.80 Å². The molecule has 0 N–H and O–H groups in total. The van der Waals surface area contributed by atoms with Gasteiger partial charge in [0.25, 0.3) is 5.91 Å². The van der Waals surface area contributed by atoms with E-state index in [9.17, 15) is 4.79 Å². The molecule has 1 saturated heterocycles. The third-order valence-corrected chi connectivity index (χ3v) is 4.16. The number of piperidine rings is 1. The highest BCUT2D eigenvalue weighted by atomic mass is 16.5. The average Bonchev–Trinajstić information content (AvgIpc) is 2.96. The van der Waals surface area contributed by atoms with Crippen molar-refractivity contribution in [2.45, 2.75) is 25.0 Å². The lowest BCUT2D eigenvalue weighted by Gasteiger charge is -2.42. The molecule has 124 valence electrons. The number of likely N-dealkylation sites (N-methyl/N-ethyl adjacent to an activating group) is 1. The van der Waals surface area contributed by atoms with E-state index in [2.05, 4.69) is 4.90 Å². The van der Waals surface area contributed by atoms with Crippen LogP contribution in [0.15, 0.2) is 16.5 Å². The maximum atomic E-state index is 12.5. The molecule has 1 amide bonds. The molecule has 1 aliphatic rings. The van der Waals surface area contributed by atoms with Gasteiger partial charge in [0.1, 0.15) is 12.4 Å². The molecule has 2 rings (SSSR count). The van der Waals surface area contributed by atoms with Crippen molar-refractivity contribution in [2.75, 3.05) is 47.9 Å². The Kier molecular flexibility index (Phi) is 5.61. The van der Waals surface area contributed by atoms with Gasteiger partial charge in [-0.05, 0) is 39.1 Å². The number of amides is 1. The van der Waals surface area contributed by atoms with E-state index in [1.54, 1.807) is 26.4 Å². The van der Waals surface area contributed by atoms with Gasteiger partial charge >= 0.3 is 0 Å². The van der Waals surface area contributed by atoms with E-state index in [1.807, 2.05) is 19.0 Å². The summed E-state index contributed by atoms with van der Waals surface area (Å²) in [7, 11) is 7.44. The zero-order valence-corrected chi connectivity index (χ0v) is 13.9. The van der Waals surface area contributed by atoms with E-state index in [-0.39, 0.29) is 11.5 Å². The number of hydrogen-bond acceptors (Lipinski definition) is 5. The van der Waals surface area contributed by atoms with Crippen molar-refractivity contribution in [3.8, 4) is 0 Å². The highest BCUT2D eigenvalue weighted by molar-refractivity contribution is 5.91. The summed E-state index contributed by atoms with van der Waals surface area (Å²) < 4.78 is 16.3. The number of ether oxygens (including phenoxy) is 2. The molecule has 1 fully saturated rings. The number of hydrogen-bond donors (Lipinski definition) is 0. The molecule has 1 aliphatic heterocycles. The van der Waals surface area contributed by atoms with Gasteiger partial charge < -0.3 is 23.7 Å². The van der Waals surface area contributed by atoms with Crippen molar-refractivity contribution in [1.29, 1.82) is 0 Å². The maximum Gasteiger partial charge on any atom is 0.289 e. The van der Waals surface area contributed by atoms with Gasteiger partial charge in [0, 0.05) is 33.9 Å². The van der Waals surface area contributed by atoms with Gasteiger partial charge in [0.15, 0.2) is 5.76 Å². The molecule has 0 spiro atoms. The molecular formula is C16H26N2O4. The Balaban J connectivity index is 1.96. The summed E-state index contributed by atoms with van der Waals surface area (Å²) in [6.07, 6.45) is 1.66. The summed E-state index contributed by atoms with van der Waals surface area (Å²) in [5.41, 5.74) is -0.162. The van der Waals surface area contributed by atoms with E-state index >= 15 is 0 Å². The number of furan rings is 1. The minimum absolute atomic E-state index is 0.0584. The number of carbonyl (C=O) groups is 1. The first-order valence-corrected chi connectivity index (χ1v) is 7.56. The molecule has 1 aromatic rings. The first kappa shape index (κ1) is 17.0. The van der Waals surface area contributed by atoms with Crippen LogP contribution in [0.5, 0.6) is 0 Å². The largest absolute Gasteiger partial charge is 0.453 e. The molecule has 0 aromatic carbocycles. The second kappa shape index (κ2) is 7.26. The molecule has 2 heterocycles. The van der Waals surface area contributed by atoms with Crippen molar-refractivity contribution in [3.63, 3.8) is 0 Å². The lowest BCUT2D eigenvalue weighted by Crippen LogP contribution is -2.52. The van der Waals surface area contributed by atoms with Crippen LogP contribution < -0.4 is 0 Å². The number of carbonyl (C=O) groups excluding carboxylic acids is 1. The monoisotopic (exact) mass is 310 g/mol. The minimum Gasteiger partial charge on any atom is -0.453 e. The van der Waals surface area contributed by atoms with Gasteiger partial charge in [-0.3, -0.25) is 4.79 Å². The second-order valence-electron chi connectivity index (χ2n) is 6.12. The second-order valence-corrected chi connectivity index (χ2v) is 6.12. The van der Waals surface area contributed by atoms with Crippen LogP contribution in [0.2, 0.25) is 0 Å². The Hall–Kier alpha value is -1.37. The topological polar surface area (TPSA) is 55.2 Å². The molecule has 0 atom stereocenters. The van der Waals surface area contributed by atoms with Gasteiger partial charge in [0.2, 0.25) is 0 Å². The summed E-state index contributed by atoms with van der Waals surface area (Å²) in [5.74, 6) is 0.989. The minimum atomic E-state index is -0.162. The van der Waals surface area contributed by atoms with Crippen molar-refractivity contribution >= 4 is 5.91 Å². The predicted octanol–water partition coefficient (Wildman–Crippen LogP) is 1.61. The molecule has 0 saturated carbocycles. The zero-order valence-electron chi connectivity index (χ0n) is 13.9. The summed E-state index contributed by atoms with van der Waals surface area (Å²) >= 11 is 0. The van der Waals surface area contributed by atoms with E-state index in [1.165, 1.54) is 0 Å². The molecule has 6 nitrogen and oxygen atoms in total. The Labute approximate surface area is 132 Å². The van der Waals surface area contributed by atoms with Crippen LogP contribution in [-0.2, 0) is 16.1 Å². The van der Waals surface area contributed by atoms with Crippen molar-refractivity contribution < 1.29 is 18.7 Å². The van der Waals surface area contributed by atoms with Crippen LogP contribution >= 0.6 is 0 Å². The van der Waals surface area contributed by atoms with Crippen LogP contribution in [-0.4, -0.2) is 69.3 Å². The first-order valence-electron chi connectivity index (χ1n) is 7.56. The van der Waals surface area contributed by atoms with Crippen molar-refractivity contribution in [3.05, 3.63) is 23.7 Å². The fraction of sp³-hybridized carbons (Fsp3) is 0.688. The van der Waals surface area contributed by atoms with Crippen LogP contribution in [0.1, 0.15) is 29.2 Å². The lowest BCUT2D eigenvalue weighted by molar-refractivity contribution is -0.0657. The van der Waals surface area contributed by atoms with Crippen molar-refractivity contribution in [2.24, 2.45) is 0 Å². The normalized spacial score (nSPS) is 18.0. The summed E-state index contributed by atoms with van der Waals surface area (Å²) in [4.78, 5) is 16.4. The summed E-state index contributed by atoms with van der Waals surface area (Å²) in [6.45, 7) is 2.61. The third kappa shape index (κ3) is 3.88. The molecule has 0 radical (unpaired) electrons. The summed E-state index contributed by atoms with van der Waals surface area (Å²) in [5, 5.41) is 0. The van der Waals surface area contributed by atoms with Gasteiger partial charge in [-0.15, -0.1) is 0 Å². The molecule has 6 heteroatoms. The molecule has 22 heavy (non-hydrogen) atoms. The number of methoxy groups -OCH3 is 2. The first-order chi connectivity index (χ1) is 10.5. The highest BCUT2D eigenvalue weighted by Gasteiger charge is 2.37. The van der Waals surface area contributed by atoms with E-state index in [4.69, 9.17) is 13.9 Å². The Bertz CT molecular complexity index is 490. The number of rotatable bonds is 6. The van der Waals surface area contributed by atoms with Gasteiger partial charge in [-0.2, -0.15) is 0 Å². The highest BCUT2D eigenvalue weighted by Crippen LogP contribution is 2.27. The quantitative estimate of drug-likeness (QED) is 0.799. The number of likely N-dealkylation sites (tertiary alicyclic amines) is 1. The average molecular weight is 310 g/mol. The lowest BCUT2D eigenvalue weighted by atomic mass is 9.90. The smallest absolute Gasteiger partial charge is 0.289 e. The van der Waals surface area contributed by atoms with E-state index < -0.39 is 0 Å². The Morgan fingerprint density at radius 3 is 2.55 bits per heavy atom. The summed E-state index contributed by atoms with van der Waals surface area (Å²) in [6, 6.07) is 3.50. The SMILES string of the molecule is COCc1ccc(C(=O)N2CCC(CN(C)C)(OC)CC2)o1. The molecule has 0 aliphatic carbocycles. The van der Waals surface area contributed by atoms with Crippen LogP contribution in [0, 0.1) is 0 Å². The van der Waals surface area contributed by atoms with Crippen LogP contribution in [0.4, 0.5) is 0 Å². The van der Waals surface area contributed by atoms with Crippen LogP contribution in [0.25, 0.3) is 0 Å². The Morgan fingerprint density at radius 1 is 1.32 bits per heavy atom.